The van der Waals surface area contributed by atoms with Crippen molar-refractivity contribution >= 4 is 17.3 Å². The first-order valence-electron chi connectivity index (χ1n) is 6.26. The molecule has 2 nitrogen and oxygen atoms in total. The van der Waals surface area contributed by atoms with Gasteiger partial charge in [0.05, 0.1) is 16.3 Å². The highest BCUT2D eigenvalue weighted by atomic mass is 35.5. The fourth-order valence-corrected chi connectivity index (χ4v) is 2.64. The van der Waals surface area contributed by atoms with E-state index in [4.69, 9.17) is 11.6 Å². The van der Waals surface area contributed by atoms with Crippen molar-refractivity contribution in [3.63, 3.8) is 0 Å². The van der Waals surface area contributed by atoms with E-state index in [-0.39, 0.29) is 10.7 Å². The van der Waals surface area contributed by atoms with E-state index in [1.807, 2.05) is 0 Å². The molecule has 0 saturated carbocycles. The number of piperazine rings is 1. The molecule has 1 fully saturated rings. The topological polar surface area (TPSA) is 6.48 Å². The zero-order valence-corrected chi connectivity index (χ0v) is 11.4. The number of rotatable bonds is 2. The third-order valence-corrected chi connectivity index (χ3v) is 3.75. The quantitative estimate of drug-likeness (QED) is 0.823. The van der Waals surface area contributed by atoms with Gasteiger partial charge in [0.15, 0.2) is 0 Å². The lowest BCUT2D eigenvalue weighted by Gasteiger charge is -2.36. The van der Waals surface area contributed by atoms with Crippen molar-refractivity contribution in [3.05, 3.63) is 28.8 Å². The Bertz CT molecular complexity index is 440. The molecule has 0 N–H and O–H groups in total. The zero-order chi connectivity index (χ0) is 14.0. The summed E-state index contributed by atoms with van der Waals surface area (Å²) in [5.74, 6) is 0. The van der Waals surface area contributed by atoms with Crippen LogP contribution in [0, 0.1) is 0 Å². The smallest absolute Gasteiger partial charge is 0.368 e. The summed E-state index contributed by atoms with van der Waals surface area (Å²) in [5, 5.41) is -0.233. The third-order valence-electron chi connectivity index (χ3n) is 3.44. The molecule has 1 aromatic rings. The van der Waals surface area contributed by atoms with E-state index in [1.54, 1.807) is 11.0 Å². The van der Waals surface area contributed by atoms with Gasteiger partial charge in [-0.25, -0.2) is 0 Å². The minimum atomic E-state index is -4.42. The van der Waals surface area contributed by atoms with E-state index in [1.165, 1.54) is 12.1 Å². The standard InChI is InChI=1S/C13H16ClF3N2/c1-2-18-6-8-19(9-7-18)11-5-3-4-10(14)12(11)13(15,16)17/h3-5H,2,6-9H2,1H3. The van der Waals surface area contributed by atoms with E-state index in [9.17, 15) is 13.2 Å². The maximum absolute atomic E-state index is 13.1. The Morgan fingerprint density at radius 1 is 1.16 bits per heavy atom. The molecule has 0 aliphatic carbocycles. The van der Waals surface area contributed by atoms with Crippen molar-refractivity contribution in [2.24, 2.45) is 0 Å². The van der Waals surface area contributed by atoms with E-state index in [0.29, 0.717) is 13.1 Å². The van der Waals surface area contributed by atoms with Crippen LogP contribution in [0.25, 0.3) is 0 Å². The summed E-state index contributed by atoms with van der Waals surface area (Å²) < 4.78 is 39.3. The van der Waals surface area contributed by atoms with Gasteiger partial charge in [-0.05, 0) is 18.7 Å². The van der Waals surface area contributed by atoms with E-state index >= 15 is 0 Å². The molecule has 0 amide bonds. The summed E-state index contributed by atoms with van der Waals surface area (Å²) >= 11 is 5.73. The van der Waals surface area contributed by atoms with Gasteiger partial charge in [0, 0.05) is 26.2 Å². The second-order valence-corrected chi connectivity index (χ2v) is 4.96. The van der Waals surface area contributed by atoms with Crippen LogP contribution < -0.4 is 4.90 Å². The molecule has 2 rings (SSSR count). The summed E-state index contributed by atoms with van der Waals surface area (Å²) in [4.78, 5) is 3.98. The SMILES string of the molecule is CCN1CCN(c2cccc(Cl)c2C(F)(F)F)CC1. The van der Waals surface area contributed by atoms with Crippen LogP contribution in [0.1, 0.15) is 12.5 Å². The predicted octanol–water partition coefficient (Wildman–Crippen LogP) is 3.50. The Labute approximate surface area is 115 Å². The van der Waals surface area contributed by atoms with Gasteiger partial charge in [0.1, 0.15) is 0 Å². The van der Waals surface area contributed by atoms with Crippen molar-refractivity contribution in [1.29, 1.82) is 0 Å². The summed E-state index contributed by atoms with van der Waals surface area (Å²) in [6, 6.07) is 4.35. The molecule has 1 heterocycles. The molecule has 0 spiro atoms. The highest BCUT2D eigenvalue weighted by Gasteiger charge is 2.37. The van der Waals surface area contributed by atoms with Crippen LogP contribution in [-0.4, -0.2) is 37.6 Å². The van der Waals surface area contributed by atoms with Crippen LogP contribution >= 0.6 is 11.6 Å². The van der Waals surface area contributed by atoms with Gasteiger partial charge in [-0.15, -0.1) is 0 Å². The number of alkyl halides is 3. The summed E-state index contributed by atoms with van der Waals surface area (Å²) in [6.07, 6.45) is -4.42. The molecule has 19 heavy (non-hydrogen) atoms. The fraction of sp³-hybridized carbons (Fsp3) is 0.538. The number of likely N-dealkylation sites (N-methyl/N-ethyl adjacent to an activating group) is 1. The molecule has 0 bridgehead atoms. The van der Waals surface area contributed by atoms with Crippen molar-refractivity contribution in [2.45, 2.75) is 13.1 Å². The number of anilines is 1. The van der Waals surface area contributed by atoms with Crippen LogP contribution in [0.2, 0.25) is 5.02 Å². The zero-order valence-electron chi connectivity index (χ0n) is 10.7. The van der Waals surface area contributed by atoms with E-state index in [2.05, 4.69) is 11.8 Å². The largest absolute Gasteiger partial charge is 0.419 e. The van der Waals surface area contributed by atoms with E-state index in [0.717, 1.165) is 19.6 Å². The number of nitrogens with zero attached hydrogens (tertiary/aromatic N) is 2. The fourth-order valence-electron chi connectivity index (χ4n) is 2.36. The van der Waals surface area contributed by atoms with Gasteiger partial charge in [-0.2, -0.15) is 13.2 Å². The lowest BCUT2D eigenvalue weighted by molar-refractivity contribution is -0.137. The van der Waals surface area contributed by atoms with Gasteiger partial charge < -0.3 is 9.80 Å². The summed E-state index contributed by atoms with van der Waals surface area (Å²) in [5.41, 5.74) is -0.530. The van der Waals surface area contributed by atoms with Gasteiger partial charge in [0.2, 0.25) is 0 Å². The minimum Gasteiger partial charge on any atom is -0.368 e. The first kappa shape index (κ1) is 14.5. The highest BCUT2D eigenvalue weighted by molar-refractivity contribution is 6.31. The second-order valence-electron chi connectivity index (χ2n) is 4.55. The Hall–Kier alpha value is -0.940. The van der Waals surface area contributed by atoms with Crippen LogP contribution in [0.5, 0.6) is 0 Å². The Kier molecular flexibility index (Phi) is 4.26. The highest BCUT2D eigenvalue weighted by Crippen LogP contribution is 2.41. The normalized spacial score (nSPS) is 17.8. The van der Waals surface area contributed by atoms with Crippen molar-refractivity contribution in [3.8, 4) is 0 Å². The molecule has 1 saturated heterocycles. The molecule has 0 unspecified atom stereocenters. The van der Waals surface area contributed by atoms with Crippen molar-refractivity contribution in [2.75, 3.05) is 37.6 Å². The van der Waals surface area contributed by atoms with E-state index < -0.39 is 11.7 Å². The average molecular weight is 293 g/mol. The summed E-state index contributed by atoms with van der Waals surface area (Å²) in [7, 11) is 0. The first-order chi connectivity index (χ1) is 8.93. The Morgan fingerprint density at radius 2 is 1.79 bits per heavy atom. The first-order valence-corrected chi connectivity index (χ1v) is 6.64. The number of hydrogen-bond acceptors (Lipinski definition) is 2. The molecule has 0 atom stereocenters. The molecule has 0 aromatic heterocycles. The monoisotopic (exact) mass is 292 g/mol. The molecule has 1 aliphatic rings. The average Bonchev–Trinajstić information content (AvgIpc) is 2.37. The molecule has 0 radical (unpaired) electrons. The number of benzene rings is 1. The van der Waals surface area contributed by atoms with Gasteiger partial charge in [-0.1, -0.05) is 24.6 Å². The van der Waals surface area contributed by atoms with Crippen LogP contribution in [0.3, 0.4) is 0 Å². The minimum absolute atomic E-state index is 0.191. The lowest BCUT2D eigenvalue weighted by atomic mass is 10.1. The maximum Gasteiger partial charge on any atom is 0.419 e. The third kappa shape index (κ3) is 3.15. The molecule has 106 valence electrons. The molecule has 1 aromatic carbocycles. The Morgan fingerprint density at radius 3 is 2.32 bits per heavy atom. The number of hydrogen-bond donors (Lipinski definition) is 0. The second kappa shape index (κ2) is 5.59. The number of halogens is 4. The van der Waals surface area contributed by atoms with Crippen LogP contribution in [-0.2, 0) is 6.18 Å². The molecule has 6 heteroatoms. The maximum atomic E-state index is 13.1. The summed E-state index contributed by atoms with van der Waals surface area (Å²) in [6.45, 7) is 5.72. The van der Waals surface area contributed by atoms with Gasteiger partial charge >= 0.3 is 6.18 Å². The predicted molar refractivity (Wildman–Crippen MR) is 70.8 cm³/mol. The molecule has 1 aliphatic heterocycles. The Balaban J connectivity index is 2.28. The lowest BCUT2D eigenvalue weighted by Crippen LogP contribution is -2.46. The van der Waals surface area contributed by atoms with Crippen molar-refractivity contribution < 1.29 is 13.2 Å². The van der Waals surface area contributed by atoms with Gasteiger partial charge in [0.25, 0.3) is 0 Å². The van der Waals surface area contributed by atoms with Gasteiger partial charge in [-0.3, -0.25) is 0 Å². The molecular weight excluding hydrogens is 277 g/mol. The van der Waals surface area contributed by atoms with Crippen LogP contribution in [0.15, 0.2) is 18.2 Å². The van der Waals surface area contributed by atoms with Crippen molar-refractivity contribution in [1.82, 2.24) is 4.90 Å². The molecular formula is C13H16ClF3N2. The van der Waals surface area contributed by atoms with Crippen LogP contribution in [0.4, 0.5) is 18.9 Å².